The number of hydrogen-bond donors (Lipinski definition) is 1. The Bertz CT molecular complexity index is 1420. The number of carbonyl (C=O) groups is 2. The van der Waals surface area contributed by atoms with Crippen LogP contribution in [0.15, 0.2) is 78.9 Å². The number of halogens is 1. The second-order valence-electron chi connectivity index (χ2n) is 10.8. The van der Waals surface area contributed by atoms with Crippen molar-refractivity contribution in [3.8, 4) is 0 Å². The molecule has 1 N–H and O–H groups in total. The zero-order valence-corrected chi connectivity index (χ0v) is 24.4. The molecule has 3 aromatic carbocycles. The number of para-hydroxylation sites is 1. The highest BCUT2D eigenvalue weighted by molar-refractivity contribution is 7.92. The fourth-order valence-corrected chi connectivity index (χ4v) is 6.09. The van der Waals surface area contributed by atoms with Crippen molar-refractivity contribution in [3.63, 3.8) is 0 Å². The van der Waals surface area contributed by atoms with Crippen LogP contribution in [0.4, 0.5) is 10.1 Å². The molecule has 0 heterocycles. The molecule has 0 aliphatic heterocycles. The Hall–Kier alpha value is -3.72. The molecule has 4 rings (SSSR count). The predicted molar refractivity (Wildman–Crippen MR) is 159 cm³/mol. The maximum Gasteiger partial charge on any atom is 0.244 e. The molecule has 9 heteroatoms. The second kappa shape index (κ2) is 13.8. The molecule has 0 unspecified atom stereocenters. The molecule has 2 amide bonds. The Morgan fingerprint density at radius 2 is 1.54 bits per heavy atom. The average molecular weight is 580 g/mol. The van der Waals surface area contributed by atoms with Crippen molar-refractivity contribution in [2.24, 2.45) is 0 Å². The minimum absolute atomic E-state index is 0.0248. The summed E-state index contributed by atoms with van der Waals surface area (Å²) in [5.41, 5.74) is 2.49. The number of hydrogen-bond acceptors (Lipinski definition) is 4. The summed E-state index contributed by atoms with van der Waals surface area (Å²) >= 11 is 0. The molecule has 0 radical (unpaired) electrons. The van der Waals surface area contributed by atoms with Crippen LogP contribution >= 0.6 is 0 Å². The number of sulfonamides is 1. The van der Waals surface area contributed by atoms with E-state index in [4.69, 9.17) is 0 Å². The van der Waals surface area contributed by atoms with E-state index in [-0.39, 0.29) is 30.6 Å². The summed E-state index contributed by atoms with van der Waals surface area (Å²) < 4.78 is 41.1. The first kappa shape index (κ1) is 30.2. The number of anilines is 1. The van der Waals surface area contributed by atoms with Crippen LogP contribution in [-0.2, 0) is 32.6 Å². The Labute approximate surface area is 242 Å². The second-order valence-corrected chi connectivity index (χ2v) is 12.7. The third-order valence-electron chi connectivity index (χ3n) is 7.50. The SMILES string of the molecule is Cc1ccc(CN(C(=O)CN(c2ccccc2F)S(C)(=O)=O)[C@@H](Cc2ccccc2)C(=O)NC2CCCCC2)cc1. The quantitative estimate of drug-likeness (QED) is 0.347. The van der Waals surface area contributed by atoms with Crippen LogP contribution in [0.2, 0.25) is 0 Å². The minimum atomic E-state index is -4.03. The zero-order valence-electron chi connectivity index (χ0n) is 23.6. The summed E-state index contributed by atoms with van der Waals surface area (Å²) in [6.45, 7) is 1.40. The van der Waals surface area contributed by atoms with Gasteiger partial charge in [0.25, 0.3) is 0 Å². The van der Waals surface area contributed by atoms with E-state index in [1.54, 1.807) is 0 Å². The van der Waals surface area contributed by atoms with Gasteiger partial charge in [-0.1, -0.05) is 91.6 Å². The van der Waals surface area contributed by atoms with Crippen LogP contribution in [0.25, 0.3) is 0 Å². The number of nitrogens with one attached hydrogen (secondary N) is 1. The molecule has 1 fully saturated rings. The lowest BCUT2D eigenvalue weighted by Gasteiger charge is -2.35. The van der Waals surface area contributed by atoms with Gasteiger partial charge < -0.3 is 10.2 Å². The Morgan fingerprint density at radius 3 is 2.17 bits per heavy atom. The summed E-state index contributed by atoms with van der Waals surface area (Å²) in [7, 11) is -4.03. The van der Waals surface area contributed by atoms with Gasteiger partial charge in [0, 0.05) is 19.0 Å². The molecule has 1 atom stereocenters. The van der Waals surface area contributed by atoms with Crippen LogP contribution in [0.1, 0.15) is 48.8 Å². The summed E-state index contributed by atoms with van der Waals surface area (Å²) in [4.78, 5) is 29.5. The van der Waals surface area contributed by atoms with Crippen LogP contribution in [0.3, 0.4) is 0 Å². The van der Waals surface area contributed by atoms with E-state index in [0.717, 1.165) is 65.4 Å². The van der Waals surface area contributed by atoms with Gasteiger partial charge in [-0.25, -0.2) is 12.8 Å². The molecule has 1 saturated carbocycles. The fourth-order valence-electron chi connectivity index (χ4n) is 5.24. The molecule has 0 bridgehead atoms. The van der Waals surface area contributed by atoms with E-state index in [9.17, 15) is 22.4 Å². The third kappa shape index (κ3) is 8.39. The van der Waals surface area contributed by atoms with Gasteiger partial charge in [-0.15, -0.1) is 0 Å². The van der Waals surface area contributed by atoms with E-state index in [1.165, 1.54) is 23.1 Å². The lowest BCUT2D eigenvalue weighted by molar-refractivity contribution is -0.140. The van der Waals surface area contributed by atoms with Gasteiger partial charge in [0.2, 0.25) is 21.8 Å². The number of benzene rings is 3. The number of carbonyl (C=O) groups excluding carboxylic acids is 2. The Morgan fingerprint density at radius 1 is 0.902 bits per heavy atom. The fraction of sp³-hybridized carbons (Fsp3) is 0.375. The molecule has 0 saturated heterocycles. The van der Waals surface area contributed by atoms with E-state index in [0.29, 0.717) is 0 Å². The largest absolute Gasteiger partial charge is 0.352 e. The number of rotatable bonds is 11. The number of amides is 2. The van der Waals surface area contributed by atoms with E-state index in [2.05, 4.69) is 5.32 Å². The average Bonchev–Trinajstić information content (AvgIpc) is 2.95. The normalized spacial score (nSPS) is 14.7. The van der Waals surface area contributed by atoms with Crippen LogP contribution in [-0.4, -0.2) is 50.0 Å². The van der Waals surface area contributed by atoms with E-state index < -0.39 is 34.3 Å². The van der Waals surface area contributed by atoms with Gasteiger partial charge in [0.05, 0.1) is 11.9 Å². The van der Waals surface area contributed by atoms with Crippen molar-refractivity contribution in [1.82, 2.24) is 10.2 Å². The lowest BCUT2D eigenvalue weighted by atomic mass is 9.94. The maximum atomic E-state index is 14.7. The standard InChI is InChI=1S/C32H38FN3O4S/c1-24-17-19-26(20-18-24)22-35(31(37)23-36(41(2,39)40)29-16-10-9-15-28(29)33)30(21-25-11-5-3-6-12-25)32(38)34-27-13-7-4-8-14-27/h3,5-6,9-12,15-20,27,30H,4,7-8,13-14,21-23H2,1-2H3,(H,34,38)/t30-/m0/s1. The van der Waals surface area contributed by atoms with E-state index in [1.807, 2.05) is 61.5 Å². The van der Waals surface area contributed by atoms with Crippen molar-refractivity contribution in [2.45, 2.75) is 64.1 Å². The highest BCUT2D eigenvalue weighted by Crippen LogP contribution is 2.24. The highest BCUT2D eigenvalue weighted by Gasteiger charge is 2.34. The van der Waals surface area contributed by atoms with Crippen LogP contribution < -0.4 is 9.62 Å². The minimum Gasteiger partial charge on any atom is -0.352 e. The summed E-state index contributed by atoms with van der Waals surface area (Å²) in [5, 5.41) is 3.17. The molecule has 1 aliphatic carbocycles. The Kier molecular flexibility index (Phi) is 10.2. The van der Waals surface area contributed by atoms with Crippen molar-refractivity contribution >= 4 is 27.5 Å². The van der Waals surface area contributed by atoms with Crippen molar-refractivity contribution in [2.75, 3.05) is 17.1 Å². The molecule has 0 aromatic heterocycles. The van der Waals surface area contributed by atoms with Crippen LogP contribution in [0.5, 0.6) is 0 Å². The van der Waals surface area contributed by atoms with Gasteiger partial charge in [0.15, 0.2) is 0 Å². The summed E-state index contributed by atoms with van der Waals surface area (Å²) in [5.74, 6) is -1.64. The van der Waals surface area contributed by atoms with Gasteiger partial charge >= 0.3 is 0 Å². The first-order valence-corrected chi connectivity index (χ1v) is 15.9. The molecular weight excluding hydrogens is 541 g/mol. The third-order valence-corrected chi connectivity index (χ3v) is 8.62. The van der Waals surface area contributed by atoms with Crippen molar-refractivity contribution in [1.29, 1.82) is 0 Å². The van der Waals surface area contributed by atoms with Gasteiger partial charge in [-0.05, 0) is 43.0 Å². The van der Waals surface area contributed by atoms with Crippen molar-refractivity contribution < 1.29 is 22.4 Å². The molecule has 7 nitrogen and oxygen atoms in total. The molecule has 218 valence electrons. The Balaban J connectivity index is 1.72. The lowest BCUT2D eigenvalue weighted by Crippen LogP contribution is -2.55. The van der Waals surface area contributed by atoms with Crippen LogP contribution in [0, 0.1) is 12.7 Å². The van der Waals surface area contributed by atoms with E-state index >= 15 is 0 Å². The molecule has 1 aliphatic rings. The highest BCUT2D eigenvalue weighted by atomic mass is 32.2. The van der Waals surface area contributed by atoms with Gasteiger partial charge in [-0.3, -0.25) is 13.9 Å². The summed E-state index contributed by atoms with van der Waals surface area (Å²) in [6, 6.07) is 21.6. The maximum absolute atomic E-state index is 14.7. The predicted octanol–water partition coefficient (Wildman–Crippen LogP) is 4.99. The molecular formula is C32H38FN3O4S. The number of nitrogens with zero attached hydrogens (tertiary/aromatic N) is 2. The molecule has 41 heavy (non-hydrogen) atoms. The van der Waals surface area contributed by atoms with Gasteiger partial charge in [-0.2, -0.15) is 0 Å². The topological polar surface area (TPSA) is 86.8 Å². The van der Waals surface area contributed by atoms with Gasteiger partial charge in [0.1, 0.15) is 18.4 Å². The smallest absolute Gasteiger partial charge is 0.244 e. The summed E-state index contributed by atoms with van der Waals surface area (Å²) in [6.07, 6.45) is 6.15. The zero-order chi connectivity index (χ0) is 29.4. The molecule has 0 spiro atoms. The molecule has 3 aromatic rings. The monoisotopic (exact) mass is 579 g/mol. The number of aryl methyl sites for hydroxylation is 1. The first-order valence-electron chi connectivity index (χ1n) is 14.0. The van der Waals surface area contributed by atoms with Crippen molar-refractivity contribution in [3.05, 3.63) is 101 Å². The first-order chi connectivity index (χ1) is 19.6.